The van der Waals surface area contributed by atoms with Crippen molar-refractivity contribution in [1.82, 2.24) is 15.1 Å². The molecule has 0 unspecified atom stereocenters. The molecule has 16 heavy (non-hydrogen) atoms. The van der Waals surface area contributed by atoms with Gasteiger partial charge in [-0.15, -0.1) is 10.2 Å². The van der Waals surface area contributed by atoms with Gasteiger partial charge in [0.1, 0.15) is 5.01 Å². The third-order valence-electron chi connectivity index (χ3n) is 3.27. The van der Waals surface area contributed by atoms with Gasteiger partial charge in [-0.25, -0.2) is 0 Å². The summed E-state index contributed by atoms with van der Waals surface area (Å²) >= 11 is 1.51. The maximum atomic E-state index is 5.63. The molecule has 1 aromatic rings. The Kier molecular flexibility index (Phi) is 3.44. The first-order chi connectivity index (χ1) is 7.58. The third-order valence-corrected chi connectivity index (χ3v) is 4.39. The summed E-state index contributed by atoms with van der Waals surface area (Å²) in [6.07, 6.45) is 3.83. The fraction of sp³-hybridized carbons (Fsp3) is 0.818. The Balaban J connectivity index is 1.91. The maximum Gasteiger partial charge on any atom is 0.203 e. The second-order valence-electron chi connectivity index (χ2n) is 5.13. The van der Waals surface area contributed by atoms with Gasteiger partial charge >= 0.3 is 0 Å². The smallest absolute Gasteiger partial charge is 0.203 e. The third kappa shape index (κ3) is 2.71. The van der Waals surface area contributed by atoms with E-state index in [1.165, 1.54) is 37.3 Å². The van der Waals surface area contributed by atoms with Gasteiger partial charge < -0.3 is 10.6 Å². The van der Waals surface area contributed by atoms with Gasteiger partial charge in [-0.1, -0.05) is 25.2 Å². The van der Waals surface area contributed by atoms with Gasteiger partial charge in [0, 0.05) is 5.41 Å². The molecule has 1 aromatic heterocycles. The van der Waals surface area contributed by atoms with Crippen LogP contribution in [-0.2, 0) is 5.41 Å². The largest absolute Gasteiger partial charge is 0.374 e. The summed E-state index contributed by atoms with van der Waals surface area (Å²) in [6.45, 7) is 8.13. The summed E-state index contributed by atoms with van der Waals surface area (Å²) in [7, 11) is 0. The van der Waals surface area contributed by atoms with E-state index in [-0.39, 0.29) is 5.41 Å². The van der Waals surface area contributed by atoms with E-state index in [1.54, 1.807) is 0 Å². The maximum absolute atomic E-state index is 5.63. The number of hydrogen-bond acceptors (Lipinski definition) is 5. The number of anilines is 1. The SMILES string of the molecule is CC(C)(CCN1CCCC1)c1nnc(N)s1. The molecule has 0 bridgehead atoms. The minimum atomic E-state index is 0.0951. The average molecular weight is 240 g/mol. The van der Waals surface area contributed by atoms with Crippen LogP contribution in [-0.4, -0.2) is 34.7 Å². The summed E-state index contributed by atoms with van der Waals surface area (Å²) < 4.78 is 0. The molecular weight excluding hydrogens is 220 g/mol. The van der Waals surface area contributed by atoms with Gasteiger partial charge in [-0.2, -0.15) is 0 Å². The van der Waals surface area contributed by atoms with E-state index in [0.29, 0.717) is 5.13 Å². The van der Waals surface area contributed by atoms with E-state index in [9.17, 15) is 0 Å². The zero-order valence-electron chi connectivity index (χ0n) is 10.1. The molecule has 0 saturated carbocycles. The van der Waals surface area contributed by atoms with E-state index in [2.05, 4.69) is 28.9 Å². The summed E-state index contributed by atoms with van der Waals surface area (Å²) in [4.78, 5) is 2.53. The Hall–Kier alpha value is -0.680. The number of likely N-dealkylation sites (tertiary alicyclic amines) is 1. The van der Waals surface area contributed by atoms with Crippen molar-refractivity contribution in [2.24, 2.45) is 0 Å². The minimum Gasteiger partial charge on any atom is -0.374 e. The number of nitrogens with zero attached hydrogens (tertiary/aromatic N) is 3. The molecule has 4 nitrogen and oxygen atoms in total. The molecule has 1 aliphatic heterocycles. The van der Waals surface area contributed by atoms with Crippen molar-refractivity contribution < 1.29 is 0 Å². The lowest BCUT2D eigenvalue weighted by Crippen LogP contribution is -2.27. The average Bonchev–Trinajstić information content (AvgIpc) is 2.85. The monoisotopic (exact) mass is 240 g/mol. The highest BCUT2D eigenvalue weighted by Gasteiger charge is 2.26. The van der Waals surface area contributed by atoms with Gasteiger partial charge in [0.15, 0.2) is 0 Å². The second kappa shape index (κ2) is 4.67. The highest BCUT2D eigenvalue weighted by atomic mass is 32.1. The van der Waals surface area contributed by atoms with Crippen molar-refractivity contribution in [2.45, 2.75) is 38.5 Å². The van der Waals surface area contributed by atoms with E-state index in [4.69, 9.17) is 5.73 Å². The van der Waals surface area contributed by atoms with Crippen LogP contribution in [0.1, 0.15) is 38.1 Å². The summed E-state index contributed by atoms with van der Waals surface area (Å²) in [5, 5.41) is 9.69. The molecule has 0 atom stereocenters. The van der Waals surface area contributed by atoms with E-state index >= 15 is 0 Å². The van der Waals surface area contributed by atoms with E-state index in [0.717, 1.165) is 18.0 Å². The summed E-state index contributed by atoms with van der Waals surface area (Å²) in [5.41, 5.74) is 5.72. The molecule has 0 amide bonds. The molecule has 90 valence electrons. The van der Waals surface area contributed by atoms with Gasteiger partial charge in [0.2, 0.25) is 5.13 Å². The number of nitrogens with two attached hydrogens (primary N) is 1. The quantitative estimate of drug-likeness (QED) is 0.873. The Morgan fingerprint density at radius 2 is 2.00 bits per heavy atom. The second-order valence-corrected chi connectivity index (χ2v) is 6.14. The topological polar surface area (TPSA) is 55.0 Å². The van der Waals surface area contributed by atoms with Crippen molar-refractivity contribution in [3.05, 3.63) is 5.01 Å². The standard InChI is InChI=1S/C11H20N4S/c1-11(2,9-13-14-10(12)16-9)5-8-15-6-3-4-7-15/h3-8H2,1-2H3,(H2,12,14). The Labute approximate surface area is 101 Å². The number of nitrogen functional groups attached to an aromatic ring is 1. The molecule has 0 aromatic carbocycles. The summed E-state index contributed by atoms with van der Waals surface area (Å²) in [6, 6.07) is 0. The van der Waals surface area contributed by atoms with Crippen molar-refractivity contribution in [2.75, 3.05) is 25.4 Å². The van der Waals surface area contributed by atoms with Crippen molar-refractivity contribution in [1.29, 1.82) is 0 Å². The molecule has 2 N–H and O–H groups in total. The Morgan fingerprint density at radius 3 is 2.56 bits per heavy atom. The van der Waals surface area contributed by atoms with Crippen LogP contribution in [0.3, 0.4) is 0 Å². The molecule has 0 radical (unpaired) electrons. The molecule has 1 fully saturated rings. The van der Waals surface area contributed by atoms with Gasteiger partial charge in [-0.05, 0) is 38.9 Å². The first-order valence-electron chi connectivity index (χ1n) is 5.90. The van der Waals surface area contributed by atoms with Crippen LogP contribution in [0, 0.1) is 0 Å². The molecule has 0 spiro atoms. The van der Waals surface area contributed by atoms with Gasteiger partial charge in [-0.3, -0.25) is 0 Å². The van der Waals surface area contributed by atoms with Crippen molar-refractivity contribution in [3.63, 3.8) is 0 Å². The van der Waals surface area contributed by atoms with E-state index in [1.807, 2.05) is 0 Å². The fourth-order valence-corrected chi connectivity index (χ4v) is 2.80. The van der Waals surface area contributed by atoms with Crippen LogP contribution in [0.5, 0.6) is 0 Å². The molecule has 1 saturated heterocycles. The predicted molar refractivity (Wildman–Crippen MR) is 67.6 cm³/mol. The Bertz CT molecular complexity index is 342. The lowest BCUT2D eigenvalue weighted by molar-refractivity contribution is 0.296. The molecule has 0 aliphatic carbocycles. The lowest BCUT2D eigenvalue weighted by Gasteiger charge is -2.24. The Morgan fingerprint density at radius 1 is 1.31 bits per heavy atom. The van der Waals surface area contributed by atoms with Crippen molar-refractivity contribution in [3.8, 4) is 0 Å². The normalized spacial score (nSPS) is 18.1. The molecule has 5 heteroatoms. The van der Waals surface area contributed by atoms with Crippen LogP contribution in [0.4, 0.5) is 5.13 Å². The number of hydrogen-bond donors (Lipinski definition) is 1. The minimum absolute atomic E-state index is 0.0951. The number of aromatic nitrogens is 2. The van der Waals surface area contributed by atoms with Crippen LogP contribution < -0.4 is 5.73 Å². The van der Waals surface area contributed by atoms with E-state index < -0.39 is 0 Å². The summed E-state index contributed by atoms with van der Waals surface area (Å²) in [5.74, 6) is 0. The van der Waals surface area contributed by atoms with Gasteiger partial charge in [0.25, 0.3) is 0 Å². The molecule has 2 rings (SSSR count). The first-order valence-corrected chi connectivity index (χ1v) is 6.71. The first kappa shape index (κ1) is 11.8. The van der Waals surface area contributed by atoms with Crippen LogP contribution in [0.15, 0.2) is 0 Å². The lowest BCUT2D eigenvalue weighted by atomic mass is 9.90. The van der Waals surface area contributed by atoms with Crippen LogP contribution in [0.2, 0.25) is 0 Å². The van der Waals surface area contributed by atoms with Crippen molar-refractivity contribution >= 4 is 16.5 Å². The highest BCUT2D eigenvalue weighted by Crippen LogP contribution is 2.30. The predicted octanol–water partition coefficient (Wildman–Crippen LogP) is 1.88. The zero-order chi connectivity index (χ0) is 11.6. The molecule has 2 heterocycles. The number of rotatable bonds is 4. The van der Waals surface area contributed by atoms with Crippen LogP contribution in [0.25, 0.3) is 0 Å². The fourth-order valence-electron chi connectivity index (χ4n) is 2.06. The molecule has 1 aliphatic rings. The molecular formula is C11H20N4S. The van der Waals surface area contributed by atoms with Gasteiger partial charge in [0.05, 0.1) is 0 Å². The van der Waals surface area contributed by atoms with Crippen LogP contribution >= 0.6 is 11.3 Å². The zero-order valence-corrected chi connectivity index (χ0v) is 10.9. The highest BCUT2D eigenvalue weighted by molar-refractivity contribution is 7.15.